The van der Waals surface area contributed by atoms with E-state index in [9.17, 15) is 45.4 Å². The van der Waals surface area contributed by atoms with Crippen molar-refractivity contribution in [2.75, 3.05) is 13.1 Å². The molecule has 2 aromatic rings. The Kier molecular flexibility index (Phi) is 9.99. The highest BCUT2D eigenvalue weighted by atomic mass is 19.4. The lowest BCUT2D eigenvalue weighted by atomic mass is 9.85. The zero-order chi connectivity index (χ0) is 29.8. The summed E-state index contributed by atoms with van der Waals surface area (Å²) in [5, 5.41) is 12.8. The normalized spacial score (nSPS) is 18.7. The zero-order valence-electron chi connectivity index (χ0n) is 21.5. The van der Waals surface area contributed by atoms with Gasteiger partial charge < -0.3 is 10.8 Å². The number of piperidine rings is 1. The Balaban J connectivity index is 0.000000274. The minimum atomic E-state index is -4.94. The molecule has 0 bridgehead atoms. The number of hydrogen-bond donors (Lipinski definition) is 3. The van der Waals surface area contributed by atoms with Crippen LogP contribution in [0.2, 0.25) is 0 Å². The second-order valence-corrected chi connectivity index (χ2v) is 9.20. The number of halogens is 7. The molecule has 0 radical (unpaired) electrons. The van der Waals surface area contributed by atoms with Crippen molar-refractivity contribution in [3.8, 4) is 0 Å². The molecule has 1 heterocycles. The zero-order valence-corrected chi connectivity index (χ0v) is 21.5. The number of amides is 2. The van der Waals surface area contributed by atoms with Crippen molar-refractivity contribution < 1.29 is 45.4 Å². The van der Waals surface area contributed by atoms with Gasteiger partial charge in [-0.3, -0.25) is 15.0 Å². The predicted molar refractivity (Wildman–Crippen MR) is 129 cm³/mol. The van der Waals surface area contributed by atoms with Gasteiger partial charge in [-0.25, -0.2) is 9.18 Å². The van der Waals surface area contributed by atoms with E-state index in [0.29, 0.717) is 31.6 Å². The van der Waals surface area contributed by atoms with Crippen LogP contribution in [-0.4, -0.2) is 35.1 Å². The predicted octanol–water partition coefficient (Wildman–Crippen LogP) is 6.37. The Hall–Kier alpha value is -3.35. The van der Waals surface area contributed by atoms with Crippen molar-refractivity contribution in [1.29, 1.82) is 0 Å². The summed E-state index contributed by atoms with van der Waals surface area (Å²) in [6, 6.07) is 5.54. The number of benzene rings is 2. The number of carbonyl (C=O) groups excluding carboxylic acids is 1. The lowest BCUT2D eigenvalue weighted by molar-refractivity contribution is -0.143. The van der Waals surface area contributed by atoms with E-state index in [1.807, 2.05) is 13.8 Å². The minimum absolute atomic E-state index is 0.00276. The molecule has 2 atom stereocenters. The fraction of sp³-hybridized carbons (Fsp3) is 0.462. The van der Waals surface area contributed by atoms with Crippen LogP contribution in [-0.2, 0) is 22.8 Å². The van der Waals surface area contributed by atoms with Gasteiger partial charge in [0.15, 0.2) is 0 Å². The van der Waals surface area contributed by atoms with Gasteiger partial charge in [-0.05, 0) is 86.7 Å². The Morgan fingerprint density at radius 3 is 2.05 bits per heavy atom. The number of carboxylic acid groups (broad SMARTS) is 1. The molecule has 1 aliphatic rings. The molecule has 1 saturated heterocycles. The van der Waals surface area contributed by atoms with Crippen LogP contribution in [0.4, 0.5) is 35.5 Å². The Morgan fingerprint density at radius 1 is 1.05 bits per heavy atom. The Labute approximate surface area is 221 Å². The smallest absolute Gasteiger partial charge is 0.416 e. The first kappa shape index (κ1) is 31.9. The summed E-state index contributed by atoms with van der Waals surface area (Å²) in [5.41, 5.74) is 2.42. The molecule has 0 aliphatic carbocycles. The summed E-state index contributed by atoms with van der Waals surface area (Å²) in [4.78, 5) is 23.9. The number of aryl methyl sites for hydroxylation is 1. The number of nitrogens with one attached hydrogen (secondary N) is 1. The van der Waals surface area contributed by atoms with Crippen LogP contribution < -0.4 is 11.1 Å². The number of carbonyl (C=O) groups is 2. The fourth-order valence-corrected chi connectivity index (χ4v) is 4.57. The minimum Gasteiger partial charge on any atom is -0.465 e. The van der Waals surface area contributed by atoms with Gasteiger partial charge in [-0.1, -0.05) is 13.0 Å². The average Bonchev–Trinajstić information content (AvgIpc) is 2.82. The number of alkyl halides is 6. The summed E-state index contributed by atoms with van der Waals surface area (Å²) < 4.78 is 88.4. The van der Waals surface area contributed by atoms with Gasteiger partial charge >= 0.3 is 18.4 Å². The van der Waals surface area contributed by atoms with Gasteiger partial charge in [0, 0.05) is 6.54 Å². The summed E-state index contributed by atoms with van der Waals surface area (Å²) >= 11 is 0. The number of nitrogens with two attached hydrogens (primary N) is 1. The van der Waals surface area contributed by atoms with Crippen molar-refractivity contribution >= 4 is 12.0 Å². The molecule has 13 heteroatoms. The number of hydrogen-bond acceptors (Lipinski definition) is 3. The van der Waals surface area contributed by atoms with E-state index in [0.717, 1.165) is 30.9 Å². The number of primary amides is 1. The molecular weight excluding hydrogens is 535 g/mol. The van der Waals surface area contributed by atoms with Crippen LogP contribution in [0, 0.1) is 12.7 Å². The molecule has 0 spiro atoms. The van der Waals surface area contributed by atoms with E-state index in [2.05, 4.69) is 5.32 Å². The van der Waals surface area contributed by atoms with E-state index >= 15 is 0 Å². The number of rotatable bonds is 5. The topological polar surface area (TPSA) is 95.7 Å². The van der Waals surface area contributed by atoms with E-state index in [1.165, 1.54) is 17.0 Å². The van der Waals surface area contributed by atoms with Gasteiger partial charge in [-0.15, -0.1) is 0 Å². The molecule has 4 N–H and O–H groups in total. The third kappa shape index (κ3) is 7.61. The lowest BCUT2D eigenvalue weighted by Crippen LogP contribution is -2.60. The molecule has 3 rings (SSSR count). The second-order valence-electron chi connectivity index (χ2n) is 9.20. The highest BCUT2D eigenvalue weighted by Gasteiger charge is 2.43. The molecule has 0 aromatic heterocycles. The van der Waals surface area contributed by atoms with E-state index in [-0.39, 0.29) is 11.9 Å². The largest absolute Gasteiger partial charge is 0.465 e. The van der Waals surface area contributed by atoms with Crippen LogP contribution in [0.3, 0.4) is 0 Å². The van der Waals surface area contributed by atoms with E-state index in [4.69, 9.17) is 5.73 Å². The maximum absolute atomic E-state index is 13.3. The summed E-state index contributed by atoms with van der Waals surface area (Å²) in [6.45, 7) is 6.07. The second kappa shape index (κ2) is 12.2. The first-order valence-corrected chi connectivity index (χ1v) is 12.0. The van der Waals surface area contributed by atoms with Crippen LogP contribution in [0.5, 0.6) is 0 Å². The Morgan fingerprint density at radius 2 is 1.62 bits per heavy atom. The van der Waals surface area contributed by atoms with Crippen LogP contribution in [0.15, 0.2) is 36.4 Å². The van der Waals surface area contributed by atoms with Gasteiger partial charge in [0.05, 0.1) is 17.0 Å². The van der Waals surface area contributed by atoms with Crippen molar-refractivity contribution in [3.05, 3.63) is 70.0 Å². The summed E-state index contributed by atoms with van der Waals surface area (Å²) in [7, 11) is 0. The lowest BCUT2D eigenvalue weighted by Gasteiger charge is -2.47. The van der Waals surface area contributed by atoms with Crippen LogP contribution in [0.25, 0.3) is 0 Å². The highest BCUT2D eigenvalue weighted by molar-refractivity contribution is 5.81. The van der Waals surface area contributed by atoms with E-state index < -0.39 is 52.6 Å². The molecule has 2 aromatic carbocycles. The maximum atomic E-state index is 13.3. The van der Waals surface area contributed by atoms with Gasteiger partial charge in [0.2, 0.25) is 5.91 Å². The molecule has 1 aliphatic heterocycles. The molecule has 2 amide bonds. The first-order valence-electron chi connectivity index (χ1n) is 12.0. The van der Waals surface area contributed by atoms with Crippen molar-refractivity contribution in [2.24, 2.45) is 5.73 Å². The third-order valence-electron chi connectivity index (χ3n) is 6.50. The Bertz CT molecular complexity index is 1150. The van der Waals surface area contributed by atoms with Gasteiger partial charge in [0.1, 0.15) is 11.5 Å². The molecular formula is C26H30F7N3O3. The highest BCUT2D eigenvalue weighted by Crippen LogP contribution is 2.38. The molecule has 0 saturated carbocycles. The van der Waals surface area contributed by atoms with Crippen LogP contribution >= 0.6 is 0 Å². The molecule has 1 unspecified atom stereocenters. The standard InChI is InChI=1S/C15H21FN2O2.C11H9F6NO/c1-3-17-15(8-4-5-9-18(15)14(19)20)13-7-6-12(16)10-11(13)2;1-5(9(18)19)6-2-7(10(12,13)14)4-8(3-6)11(15,16)17/h6-7,10,17H,3-5,8-9H2,1-2H3,(H,19,20);2-5H,1H3,(H2,18,19)/t;5-/m.1/s1. The van der Waals surface area contributed by atoms with Gasteiger partial charge in [0.25, 0.3) is 0 Å². The van der Waals surface area contributed by atoms with Gasteiger partial charge in [-0.2, -0.15) is 26.3 Å². The molecule has 1 fully saturated rings. The first-order chi connectivity index (χ1) is 17.9. The molecule has 6 nitrogen and oxygen atoms in total. The monoisotopic (exact) mass is 565 g/mol. The van der Waals surface area contributed by atoms with E-state index in [1.54, 1.807) is 6.07 Å². The average molecular weight is 566 g/mol. The van der Waals surface area contributed by atoms with Crippen molar-refractivity contribution in [2.45, 2.75) is 64.0 Å². The molecule has 39 heavy (non-hydrogen) atoms. The summed E-state index contributed by atoms with van der Waals surface area (Å²) in [6.07, 6.45) is -8.29. The molecule has 216 valence electrons. The summed E-state index contributed by atoms with van der Waals surface area (Å²) in [5.74, 6) is -2.55. The third-order valence-corrected chi connectivity index (χ3v) is 6.50. The van der Waals surface area contributed by atoms with Crippen LogP contribution in [0.1, 0.15) is 66.8 Å². The maximum Gasteiger partial charge on any atom is 0.416 e. The quantitative estimate of drug-likeness (QED) is 0.367. The number of nitrogens with zero attached hydrogens (tertiary/aromatic N) is 1. The van der Waals surface area contributed by atoms with Crippen molar-refractivity contribution in [1.82, 2.24) is 10.2 Å². The fourth-order valence-electron chi connectivity index (χ4n) is 4.57. The van der Waals surface area contributed by atoms with Crippen molar-refractivity contribution in [3.63, 3.8) is 0 Å². The number of likely N-dealkylation sites (tertiary alicyclic amines) is 1. The SMILES string of the molecule is CCNC1(c2ccc(F)cc2C)CCCCN1C(=O)O.C[C@@H](C(N)=O)c1cc(C(F)(F)F)cc(C(F)(F)F)c1.